The summed E-state index contributed by atoms with van der Waals surface area (Å²) in [6, 6.07) is 9.88. The number of hydrogen-bond donors (Lipinski definition) is 1. The minimum atomic E-state index is 0.396. The van der Waals surface area contributed by atoms with Crippen molar-refractivity contribution in [3.8, 4) is 0 Å². The van der Waals surface area contributed by atoms with Crippen molar-refractivity contribution >= 4 is 0 Å². The van der Waals surface area contributed by atoms with Gasteiger partial charge in [-0.2, -0.15) is 0 Å². The zero-order valence-electron chi connectivity index (χ0n) is 12.2. The van der Waals surface area contributed by atoms with Gasteiger partial charge in [-0.25, -0.2) is 0 Å². The average Bonchev–Trinajstić information content (AvgIpc) is 2.29. The highest BCUT2D eigenvalue weighted by Crippen LogP contribution is 2.16. The Bertz CT molecular complexity index is 350. The van der Waals surface area contributed by atoms with Gasteiger partial charge in [-0.05, 0) is 43.7 Å². The molecular weight excluding hydrogens is 218 g/mol. The first-order valence-electron chi connectivity index (χ1n) is 6.98. The molecule has 0 radical (unpaired) electrons. The fraction of sp³-hybridized carbons (Fsp3) is 0.529. The topological polar surface area (TPSA) is 12.0 Å². The Morgan fingerprint density at radius 1 is 1.11 bits per heavy atom. The minimum absolute atomic E-state index is 0.396. The van der Waals surface area contributed by atoms with Crippen LogP contribution in [0, 0.1) is 5.92 Å². The number of benzene rings is 1. The molecule has 1 N–H and O–H groups in total. The summed E-state index contributed by atoms with van der Waals surface area (Å²) >= 11 is 0. The Hall–Kier alpha value is -1.08. The van der Waals surface area contributed by atoms with E-state index in [1.165, 1.54) is 11.1 Å². The smallest absolute Gasteiger partial charge is 0.0294 e. The molecule has 2 atom stereocenters. The molecule has 0 aliphatic carbocycles. The van der Waals surface area contributed by atoms with Crippen LogP contribution in [0.4, 0.5) is 0 Å². The van der Waals surface area contributed by atoms with E-state index in [9.17, 15) is 0 Å². The maximum atomic E-state index is 3.78. The van der Waals surface area contributed by atoms with Crippen molar-refractivity contribution in [2.24, 2.45) is 5.92 Å². The molecule has 0 heterocycles. The first kappa shape index (κ1) is 15.0. The first-order chi connectivity index (χ1) is 8.52. The molecule has 0 fully saturated rings. The van der Waals surface area contributed by atoms with E-state index in [2.05, 4.69) is 63.9 Å². The predicted octanol–water partition coefficient (Wildman–Crippen LogP) is 4.50. The van der Waals surface area contributed by atoms with Gasteiger partial charge in [0.25, 0.3) is 0 Å². The second-order valence-electron chi connectivity index (χ2n) is 5.65. The van der Waals surface area contributed by atoms with E-state index >= 15 is 0 Å². The third-order valence-electron chi connectivity index (χ3n) is 3.18. The van der Waals surface area contributed by atoms with Crippen LogP contribution in [0.15, 0.2) is 36.9 Å². The Balaban J connectivity index is 2.58. The quantitative estimate of drug-likeness (QED) is 0.697. The van der Waals surface area contributed by atoms with Gasteiger partial charge < -0.3 is 5.32 Å². The molecule has 0 aliphatic heterocycles. The zero-order chi connectivity index (χ0) is 13.5. The molecule has 1 nitrogen and oxygen atoms in total. The number of rotatable bonds is 7. The van der Waals surface area contributed by atoms with E-state index in [4.69, 9.17) is 0 Å². The maximum absolute atomic E-state index is 3.78. The van der Waals surface area contributed by atoms with Crippen molar-refractivity contribution in [3.05, 3.63) is 48.0 Å². The predicted molar refractivity (Wildman–Crippen MR) is 80.8 cm³/mol. The van der Waals surface area contributed by atoms with Crippen molar-refractivity contribution in [3.63, 3.8) is 0 Å². The van der Waals surface area contributed by atoms with Crippen LogP contribution in [0.2, 0.25) is 0 Å². The van der Waals surface area contributed by atoms with Gasteiger partial charge in [0.2, 0.25) is 0 Å². The highest BCUT2D eigenvalue weighted by atomic mass is 14.9. The standard InChI is InChI=1S/C17H27N/c1-6-7-14(4)18-15(5)17-10-8-16(9-11-17)12-13(2)3/h6,8-11,13-15,18H,1,7,12H2,2-5H3. The normalized spacial score (nSPS) is 14.5. The third kappa shape index (κ3) is 5.05. The summed E-state index contributed by atoms with van der Waals surface area (Å²) in [5, 5.41) is 3.59. The Morgan fingerprint density at radius 2 is 1.72 bits per heavy atom. The summed E-state index contributed by atoms with van der Waals surface area (Å²) in [4.78, 5) is 0. The molecule has 1 aromatic carbocycles. The fourth-order valence-corrected chi connectivity index (χ4v) is 2.25. The maximum Gasteiger partial charge on any atom is 0.0294 e. The summed E-state index contributed by atoms with van der Waals surface area (Å²) in [6.45, 7) is 12.7. The molecule has 0 saturated heterocycles. The molecule has 100 valence electrons. The highest BCUT2D eigenvalue weighted by molar-refractivity contribution is 5.25. The van der Waals surface area contributed by atoms with Gasteiger partial charge in [-0.15, -0.1) is 6.58 Å². The van der Waals surface area contributed by atoms with Crippen LogP contribution in [0.1, 0.15) is 51.3 Å². The van der Waals surface area contributed by atoms with Crippen molar-refractivity contribution in [2.75, 3.05) is 0 Å². The molecule has 0 aromatic heterocycles. The van der Waals surface area contributed by atoms with Crippen molar-refractivity contribution < 1.29 is 0 Å². The van der Waals surface area contributed by atoms with Gasteiger partial charge in [0.15, 0.2) is 0 Å². The van der Waals surface area contributed by atoms with Crippen molar-refractivity contribution in [1.82, 2.24) is 5.32 Å². The van der Waals surface area contributed by atoms with Gasteiger partial charge >= 0.3 is 0 Å². The molecular formula is C17H27N. The lowest BCUT2D eigenvalue weighted by molar-refractivity contribution is 0.482. The first-order valence-corrected chi connectivity index (χ1v) is 6.98. The van der Waals surface area contributed by atoms with Crippen LogP contribution in [0.5, 0.6) is 0 Å². The van der Waals surface area contributed by atoms with Gasteiger partial charge in [0.1, 0.15) is 0 Å². The number of hydrogen-bond acceptors (Lipinski definition) is 1. The zero-order valence-corrected chi connectivity index (χ0v) is 12.2. The van der Waals surface area contributed by atoms with Crippen LogP contribution in [0.3, 0.4) is 0 Å². The van der Waals surface area contributed by atoms with E-state index in [-0.39, 0.29) is 0 Å². The fourth-order valence-electron chi connectivity index (χ4n) is 2.25. The molecule has 1 heteroatoms. The lowest BCUT2D eigenvalue weighted by Gasteiger charge is -2.19. The van der Waals surface area contributed by atoms with Crippen LogP contribution in [0.25, 0.3) is 0 Å². The molecule has 2 unspecified atom stereocenters. The summed E-state index contributed by atoms with van der Waals surface area (Å²) in [7, 11) is 0. The molecule has 0 amide bonds. The van der Waals surface area contributed by atoms with E-state index in [1.54, 1.807) is 0 Å². The molecule has 1 rings (SSSR count). The monoisotopic (exact) mass is 245 g/mol. The Morgan fingerprint density at radius 3 is 2.22 bits per heavy atom. The second-order valence-corrected chi connectivity index (χ2v) is 5.65. The third-order valence-corrected chi connectivity index (χ3v) is 3.18. The van der Waals surface area contributed by atoms with Crippen LogP contribution < -0.4 is 5.32 Å². The van der Waals surface area contributed by atoms with Crippen molar-refractivity contribution in [1.29, 1.82) is 0 Å². The van der Waals surface area contributed by atoms with E-state index in [0.717, 1.165) is 18.8 Å². The molecule has 0 aliphatic rings. The summed E-state index contributed by atoms with van der Waals surface area (Å²) in [5.41, 5.74) is 2.79. The van der Waals surface area contributed by atoms with Gasteiger partial charge in [0.05, 0.1) is 0 Å². The lowest BCUT2D eigenvalue weighted by atomic mass is 9.99. The molecule has 1 aromatic rings. The van der Waals surface area contributed by atoms with E-state index in [0.29, 0.717) is 12.1 Å². The summed E-state index contributed by atoms with van der Waals surface area (Å²) in [6.07, 6.45) is 4.14. The summed E-state index contributed by atoms with van der Waals surface area (Å²) < 4.78 is 0. The van der Waals surface area contributed by atoms with E-state index in [1.807, 2.05) is 6.08 Å². The second kappa shape index (κ2) is 7.38. The van der Waals surface area contributed by atoms with Gasteiger partial charge in [-0.3, -0.25) is 0 Å². The number of nitrogens with one attached hydrogen (secondary N) is 1. The highest BCUT2D eigenvalue weighted by Gasteiger charge is 2.08. The molecule has 18 heavy (non-hydrogen) atoms. The van der Waals surface area contributed by atoms with Crippen molar-refractivity contribution in [2.45, 2.75) is 52.6 Å². The average molecular weight is 245 g/mol. The van der Waals surface area contributed by atoms with Gasteiger partial charge in [-0.1, -0.05) is 44.2 Å². The van der Waals surface area contributed by atoms with E-state index < -0.39 is 0 Å². The molecule has 0 bridgehead atoms. The largest absolute Gasteiger partial charge is 0.307 e. The molecule has 0 saturated carbocycles. The summed E-state index contributed by atoms with van der Waals surface area (Å²) in [5.74, 6) is 0.721. The SMILES string of the molecule is C=CCC(C)NC(C)c1ccc(CC(C)C)cc1. The Kier molecular flexibility index (Phi) is 6.14. The molecule has 0 spiro atoms. The lowest BCUT2D eigenvalue weighted by Crippen LogP contribution is -2.28. The minimum Gasteiger partial charge on any atom is -0.307 e. The van der Waals surface area contributed by atoms with Gasteiger partial charge in [0, 0.05) is 12.1 Å². The Labute approximate surface area is 112 Å². The van der Waals surface area contributed by atoms with Crippen LogP contribution in [-0.4, -0.2) is 6.04 Å². The van der Waals surface area contributed by atoms with Crippen LogP contribution in [-0.2, 0) is 6.42 Å². The van der Waals surface area contributed by atoms with Crippen LogP contribution >= 0.6 is 0 Å².